The fourth-order valence-corrected chi connectivity index (χ4v) is 1.61. The number of Topliss-reactive ketones (excluding diaryl/α,β-unsaturated/α-hetero) is 1. The van der Waals surface area contributed by atoms with Gasteiger partial charge in [0.2, 0.25) is 5.91 Å². The Labute approximate surface area is 114 Å². The summed E-state index contributed by atoms with van der Waals surface area (Å²) in [6.45, 7) is 4.67. The third-order valence-corrected chi connectivity index (χ3v) is 3.06. The van der Waals surface area contributed by atoms with E-state index in [1.807, 2.05) is 6.92 Å². The standard InChI is InChI=1S/C13H24N4O2/c1-11(12(2)18)7-3-5-9-15-13(19)8-4-6-10-16-17-14/h11H,3-10H2,1-2H3,(H,15,19). The summed E-state index contributed by atoms with van der Waals surface area (Å²) in [6, 6.07) is 0. The molecule has 6 nitrogen and oxygen atoms in total. The minimum atomic E-state index is 0.0422. The van der Waals surface area contributed by atoms with Crippen LogP contribution in [0.2, 0.25) is 0 Å². The van der Waals surface area contributed by atoms with Crippen LogP contribution in [0.4, 0.5) is 0 Å². The summed E-state index contributed by atoms with van der Waals surface area (Å²) in [4.78, 5) is 25.1. The summed E-state index contributed by atoms with van der Waals surface area (Å²) in [5.41, 5.74) is 8.07. The van der Waals surface area contributed by atoms with E-state index in [1.165, 1.54) is 0 Å². The maximum absolute atomic E-state index is 11.4. The van der Waals surface area contributed by atoms with Crippen LogP contribution in [0.1, 0.15) is 52.4 Å². The van der Waals surface area contributed by atoms with Crippen LogP contribution in [0.15, 0.2) is 5.11 Å². The second kappa shape index (κ2) is 11.5. The van der Waals surface area contributed by atoms with E-state index in [1.54, 1.807) is 6.92 Å². The molecule has 108 valence electrons. The molecule has 0 aliphatic heterocycles. The van der Waals surface area contributed by atoms with E-state index < -0.39 is 0 Å². The number of rotatable bonds is 11. The van der Waals surface area contributed by atoms with Crippen LogP contribution in [0.3, 0.4) is 0 Å². The van der Waals surface area contributed by atoms with E-state index in [2.05, 4.69) is 15.3 Å². The summed E-state index contributed by atoms with van der Waals surface area (Å²) in [7, 11) is 0. The smallest absolute Gasteiger partial charge is 0.219 e. The summed E-state index contributed by atoms with van der Waals surface area (Å²) in [6.07, 6.45) is 4.71. The SMILES string of the molecule is CC(=O)C(C)CCCCNC(=O)CCCCN=[N+]=[N-]. The lowest BCUT2D eigenvalue weighted by atomic mass is 10.0. The van der Waals surface area contributed by atoms with E-state index in [-0.39, 0.29) is 17.6 Å². The molecule has 0 radical (unpaired) electrons. The normalized spacial score (nSPS) is 11.5. The predicted molar refractivity (Wildman–Crippen MR) is 74.6 cm³/mol. The fourth-order valence-electron chi connectivity index (χ4n) is 1.61. The molecular weight excluding hydrogens is 244 g/mol. The van der Waals surface area contributed by atoms with Crippen LogP contribution in [-0.4, -0.2) is 24.8 Å². The molecule has 0 heterocycles. The number of hydrogen-bond donors (Lipinski definition) is 1. The van der Waals surface area contributed by atoms with Gasteiger partial charge in [0, 0.05) is 30.3 Å². The number of azide groups is 1. The highest BCUT2D eigenvalue weighted by atomic mass is 16.1. The van der Waals surface area contributed by atoms with Crippen LogP contribution in [0.25, 0.3) is 10.4 Å². The Morgan fingerprint density at radius 2 is 2.00 bits per heavy atom. The largest absolute Gasteiger partial charge is 0.356 e. The molecule has 1 amide bonds. The van der Waals surface area contributed by atoms with Gasteiger partial charge in [0.05, 0.1) is 0 Å². The number of nitrogens with one attached hydrogen (secondary N) is 1. The number of nitrogens with zero attached hydrogens (tertiary/aromatic N) is 3. The van der Waals surface area contributed by atoms with E-state index in [4.69, 9.17) is 5.53 Å². The Balaban J connectivity index is 3.38. The quantitative estimate of drug-likeness (QED) is 0.270. The maximum Gasteiger partial charge on any atom is 0.219 e. The molecule has 1 N–H and O–H groups in total. The zero-order valence-corrected chi connectivity index (χ0v) is 11.9. The van der Waals surface area contributed by atoms with Crippen LogP contribution >= 0.6 is 0 Å². The molecule has 1 unspecified atom stereocenters. The van der Waals surface area contributed by atoms with Crippen molar-refractivity contribution in [2.75, 3.05) is 13.1 Å². The van der Waals surface area contributed by atoms with Crippen molar-refractivity contribution < 1.29 is 9.59 Å². The molecule has 0 saturated carbocycles. The molecule has 6 heteroatoms. The zero-order valence-electron chi connectivity index (χ0n) is 11.9. The molecule has 0 saturated heterocycles. The predicted octanol–water partition coefficient (Wildman–Crippen LogP) is 2.98. The molecule has 0 aromatic rings. The van der Waals surface area contributed by atoms with Crippen LogP contribution in [0.5, 0.6) is 0 Å². The Morgan fingerprint density at radius 3 is 2.63 bits per heavy atom. The lowest BCUT2D eigenvalue weighted by Gasteiger charge is -2.07. The molecular formula is C13H24N4O2. The molecule has 0 aliphatic rings. The number of ketones is 1. The summed E-state index contributed by atoms with van der Waals surface area (Å²) < 4.78 is 0. The first kappa shape index (κ1) is 17.4. The van der Waals surface area contributed by atoms with Gasteiger partial charge in [-0.05, 0) is 38.1 Å². The van der Waals surface area contributed by atoms with Crippen molar-refractivity contribution in [2.45, 2.75) is 52.4 Å². The summed E-state index contributed by atoms with van der Waals surface area (Å²) >= 11 is 0. The molecule has 0 aliphatic carbocycles. The topological polar surface area (TPSA) is 94.9 Å². The second-order valence-corrected chi connectivity index (χ2v) is 4.77. The minimum Gasteiger partial charge on any atom is -0.356 e. The Bertz CT molecular complexity index is 325. The van der Waals surface area contributed by atoms with Gasteiger partial charge in [-0.2, -0.15) is 0 Å². The third kappa shape index (κ3) is 11.3. The Kier molecular flexibility index (Phi) is 10.6. The van der Waals surface area contributed by atoms with E-state index in [0.717, 1.165) is 32.1 Å². The first-order valence-corrected chi connectivity index (χ1v) is 6.86. The average molecular weight is 268 g/mol. The van der Waals surface area contributed by atoms with Gasteiger partial charge in [0.15, 0.2) is 0 Å². The maximum atomic E-state index is 11.4. The van der Waals surface area contributed by atoms with Crippen molar-refractivity contribution in [3.05, 3.63) is 10.4 Å². The number of hydrogen-bond acceptors (Lipinski definition) is 3. The van der Waals surface area contributed by atoms with Crippen molar-refractivity contribution in [3.63, 3.8) is 0 Å². The Morgan fingerprint density at radius 1 is 1.26 bits per heavy atom. The van der Waals surface area contributed by atoms with Crippen LogP contribution in [-0.2, 0) is 9.59 Å². The minimum absolute atomic E-state index is 0.0422. The second-order valence-electron chi connectivity index (χ2n) is 4.77. The van der Waals surface area contributed by atoms with Gasteiger partial charge >= 0.3 is 0 Å². The van der Waals surface area contributed by atoms with Crippen LogP contribution < -0.4 is 5.32 Å². The molecule has 0 fully saturated rings. The van der Waals surface area contributed by atoms with Gasteiger partial charge in [-0.25, -0.2) is 0 Å². The number of unbranched alkanes of at least 4 members (excludes halogenated alkanes) is 2. The summed E-state index contributed by atoms with van der Waals surface area (Å²) in [5.74, 6) is 0.390. The molecule has 0 aromatic carbocycles. The van der Waals surface area contributed by atoms with Crippen molar-refractivity contribution >= 4 is 11.7 Å². The van der Waals surface area contributed by atoms with Gasteiger partial charge in [-0.1, -0.05) is 18.5 Å². The first-order chi connectivity index (χ1) is 9.07. The van der Waals surface area contributed by atoms with Crippen molar-refractivity contribution in [2.24, 2.45) is 11.0 Å². The molecule has 0 bridgehead atoms. The van der Waals surface area contributed by atoms with E-state index in [9.17, 15) is 9.59 Å². The van der Waals surface area contributed by atoms with Gasteiger partial charge in [-0.15, -0.1) is 0 Å². The van der Waals surface area contributed by atoms with Crippen molar-refractivity contribution in [3.8, 4) is 0 Å². The molecule has 0 spiro atoms. The molecule has 1 atom stereocenters. The number of amides is 1. The Hall–Kier alpha value is -1.55. The molecule has 19 heavy (non-hydrogen) atoms. The average Bonchev–Trinajstić information content (AvgIpc) is 2.37. The van der Waals surface area contributed by atoms with Gasteiger partial charge in [0.1, 0.15) is 5.78 Å². The highest BCUT2D eigenvalue weighted by Gasteiger charge is 2.06. The van der Waals surface area contributed by atoms with Crippen molar-refractivity contribution in [1.82, 2.24) is 5.32 Å². The first-order valence-electron chi connectivity index (χ1n) is 6.86. The van der Waals surface area contributed by atoms with E-state index >= 15 is 0 Å². The summed E-state index contributed by atoms with van der Waals surface area (Å²) in [5, 5.41) is 6.26. The third-order valence-electron chi connectivity index (χ3n) is 3.06. The highest BCUT2D eigenvalue weighted by Crippen LogP contribution is 2.08. The van der Waals surface area contributed by atoms with Crippen molar-refractivity contribution in [1.29, 1.82) is 0 Å². The monoisotopic (exact) mass is 268 g/mol. The van der Waals surface area contributed by atoms with Crippen LogP contribution in [0, 0.1) is 5.92 Å². The zero-order chi connectivity index (χ0) is 14.5. The lowest BCUT2D eigenvalue weighted by Crippen LogP contribution is -2.24. The number of carbonyl (C=O) groups is 2. The molecule has 0 aromatic heterocycles. The van der Waals surface area contributed by atoms with Gasteiger partial charge in [0.25, 0.3) is 0 Å². The fraction of sp³-hybridized carbons (Fsp3) is 0.846. The van der Waals surface area contributed by atoms with Gasteiger partial charge in [-0.3, -0.25) is 9.59 Å². The van der Waals surface area contributed by atoms with E-state index in [0.29, 0.717) is 19.5 Å². The lowest BCUT2D eigenvalue weighted by molar-refractivity contribution is -0.122. The molecule has 0 rings (SSSR count). The highest BCUT2D eigenvalue weighted by molar-refractivity contribution is 5.77. The van der Waals surface area contributed by atoms with Gasteiger partial charge < -0.3 is 5.32 Å². The number of carbonyl (C=O) groups excluding carboxylic acids is 2.